The molecular weight excluding hydrogens is 582 g/mol. The van der Waals surface area contributed by atoms with Crippen LogP contribution in [-0.2, 0) is 30.8 Å². The van der Waals surface area contributed by atoms with E-state index in [0.29, 0.717) is 33.6 Å². The third kappa shape index (κ3) is 6.64. The molecular formula is C29H31N3O8S2. The summed E-state index contributed by atoms with van der Waals surface area (Å²) in [6.45, 7) is 5.21. The summed E-state index contributed by atoms with van der Waals surface area (Å²) < 4.78 is 59.8. The molecule has 0 bridgehead atoms. The number of nitrogens with zero attached hydrogens (tertiary/aromatic N) is 1. The van der Waals surface area contributed by atoms with E-state index < -0.39 is 39.2 Å². The maximum Gasteiger partial charge on any atom is 0.329 e. The fraction of sp³-hybridized carbons (Fsp3) is 0.241. The first kappa shape index (κ1) is 30.8. The van der Waals surface area contributed by atoms with Crippen molar-refractivity contribution in [1.29, 1.82) is 0 Å². The molecule has 1 heterocycles. The van der Waals surface area contributed by atoms with Gasteiger partial charge in [-0.15, -0.1) is 0 Å². The Morgan fingerprint density at radius 1 is 1.00 bits per heavy atom. The Bertz CT molecular complexity index is 1750. The van der Waals surface area contributed by atoms with Gasteiger partial charge in [-0.25, -0.2) is 17.4 Å². The summed E-state index contributed by atoms with van der Waals surface area (Å²) in [5.74, 6) is -1.33. The number of amides is 1. The van der Waals surface area contributed by atoms with Crippen LogP contribution in [0.2, 0.25) is 0 Å². The van der Waals surface area contributed by atoms with Gasteiger partial charge in [0, 0.05) is 16.6 Å². The molecule has 0 saturated heterocycles. The molecule has 2 atom stereocenters. The summed E-state index contributed by atoms with van der Waals surface area (Å²) in [4.78, 5) is 25.4. The zero-order valence-electron chi connectivity index (χ0n) is 23.6. The largest absolute Gasteiger partial charge is 0.467 e. The van der Waals surface area contributed by atoms with Gasteiger partial charge in [0.25, 0.3) is 17.2 Å². The number of anilines is 3. The highest BCUT2D eigenvalue weighted by Crippen LogP contribution is 2.33. The summed E-state index contributed by atoms with van der Waals surface area (Å²) in [5, 5.41) is 3.30. The molecule has 0 saturated carbocycles. The molecule has 42 heavy (non-hydrogen) atoms. The van der Waals surface area contributed by atoms with Crippen molar-refractivity contribution in [3.63, 3.8) is 0 Å². The number of fused-ring (bicyclic) bond motifs is 1. The quantitative estimate of drug-likeness (QED) is 0.163. The van der Waals surface area contributed by atoms with Crippen LogP contribution in [0.1, 0.15) is 30.0 Å². The lowest BCUT2D eigenvalue weighted by molar-refractivity contribution is -0.142. The maximum atomic E-state index is 13.1. The molecule has 0 radical (unpaired) electrons. The summed E-state index contributed by atoms with van der Waals surface area (Å²) >= 11 is -2.46. The minimum absolute atomic E-state index is 0.0601. The van der Waals surface area contributed by atoms with Gasteiger partial charge in [0.2, 0.25) is 10.0 Å². The highest BCUT2D eigenvalue weighted by Gasteiger charge is 2.33. The third-order valence-electron chi connectivity index (χ3n) is 6.55. The van der Waals surface area contributed by atoms with Crippen molar-refractivity contribution in [2.24, 2.45) is 5.92 Å². The summed E-state index contributed by atoms with van der Waals surface area (Å²) in [6, 6.07) is 17.8. The van der Waals surface area contributed by atoms with E-state index in [1.807, 2.05) is 0 Å². The number of benzene rings is 3. The van der Waals surface area contributed by atoms with Crippen LogP contribution in [0.5, 0.6) is 0 Å². The minimum atomic E-state index is -3.53. The Labute approximate surface area is 246 Å². The van der Waals surface area contributed by atoms with E-state index in [4.69, 9.17) is 9.15 Å². The first-order valence-electron chi connectivity index (χ1n) is 12.8. The number of aryl methyl sites for hydroxylation is 1. The molecule has 13 heteroatoms. The smallest absolute Gasteiger partial charge is 0.329 e. The van der Waals surface area contributed by atoms with E-state index in [0.717, 1.165) is 21.7 Å². The molecule has 3 N–H and O–H groups in total. The van der Waals surface area contributed by atoms with Gasteiger partial charge >= 0.3 is 5.97 Å². The van der Waals surface area contributed by atoms with Crippen LogP contribution in [0.25, 0.3) is 22.1 Å². The van der Waals surface area contributed by atoms with E-state index in [1.165, 1.54) is 7.11 Å². The summed E-state index contributed by atoms with van der Waals surface area (Å²) in [6.07, 6.45) is 1.05. The van der Waals surface area contributed by atoms with Gasteiger partial charge in [0.05, 0.1) is 24.7 Å². The molecule has 0 aliphatic rings. The fourth-order valence-electron chi connectivity index (χ4n) is 4.65. The predicted molar refractivity (Wildman–Crippen MR) is 163 cm³/mol. The molecule has 0 spiro atoms. The van der Waals surface area contributed by atoms with Crippen LogP contribution in [0.15, 0.2) is 71.1 Å². The highest BCUT2D eigenvalue weighted by molar-refractivity contribution is 7.92. The van der Waals surface area contributed by atoms with Gasteiger partial charge in [0.15, 0.2) is 5.76 Å². The number of furan rings is 1. The van der Waals surface area contributed by atoms with Crippen LogP contribution < -0.4 is 14.3 Å². The maximum absolute atomic E-state index is 13.1. The number of hydrogen-bond donors (Lipinski definition) is 3. The Morgan fingerprint density at radius 3 is 2.12 bits per heavy atom. The number of nitrogens with one attached hydrogen (secondary N) is 2. The lowest BCUT2D eigenvalue weighted by atomic mass is 10.0. The minimum Gasteiger partial charge on any atom is -0.467 e. The second-order valence-corrected chi connectivity index (χ2v) is 12.6. The number of ether oxygens (including phenoxy) is 1. The van der Waals surface area contributed by atoms with Crippen molar-refractivity contribution in [3.8, 4) is 11.1 Å². The summed E-state index contributed by atoms with van der Waals surface area (Å²) in [7, 11) is -2.30. The van der Waals surface area contributed by atoms with Crippen molar-refractivity contribution in [2.45, 2.75) is 26.8 Å². The molecule has 222 valence electrons. The van der Waals surface area contributed by atoms with E-state index in [-0.39, 0.29) is 11.7 Å². The molecule has 1 amide bonds. The zero-order chi connectivity index (χ0) is 30.8. The van der Waals surface area contributed by atoms with Crippen molar-refractivity contribution in [2.75, 3.05) is 27.7 Å². The van der Waals surface area contributed by atoms with Gasteiger partial charge < -0.3 is 14.5 Å². The number of esters is 1. The monoisotopic (exact) mass is 613 g/mol. The van der Waals surface area contributed by atoms with Crippen molar-refractivity contribution < 1.29 is 35.9 Å². The Hall–Kier alpha value is -4.20. The lowest BCUT2D eigenvalue weighted by Gasteiger charge is -2.30. The van der Waals surface area contributed by atoms with Crippen molar-refractivity contribution in [3.05, 3.63) is 78.1 Å². The van der Waals surface area contributed by atoms with E-state index >= 15 is 0 Å². The van der Waals surface area contributed by atoms with Crippen molar-refractivity contribution in [1.82, 2.24) is 0 Å². The van der Waals surface area contributed by atoms with Gasteiger partial charge in [-0.2, -0.15) is 0 Å². The molecule has 0 fully saturated rings. The van der Waals surface area contributed by atoms with Crippen molar-refractivity contribution >= 4 is 61.2 Å². The molecule has 4 aromatic rings. The van der Waals surface area contributed by atoms with Crippen LogP contribution >= 0.6 is 0 Å². The molecule has 3 aromatic carbocycles. The molecule has 4 rings (SSSR count). The van der Waals surface area contributed by atoms with Crippen LogP contribution in [0.3, 0.4) is 0 Å². The van der Waals surface area contributed by atoms with E-state index in [1.54, 1.807) is 87.5 Å². The number of hydrogen-bond acceptors (Lipinski definition) is 7. The first-order chi connectivity index (χ1) is 19.8. The van der Waals surface area contributed by atoms with Crippen LogP contribution in [0, 0.1) is 12.8 Å². The zero-order valence-corrected chi connectivity index (χ0v) is 25.2. The average molecular weight is 614 g/mol. The van der Waals surface area contributed by atoms with Gasteiger partial charge in [-0.05, 0) is 60.4 Å². The fourth-order valence-corrected chi connectivity index (χ4v) is 6.04. The molecule has 2 unspecified atom stereocenters. The first-order valence-corrected chi connectivity index (χ1v) is 15.8. The van der Waals surface area contributed by atoms with Crippen LogP contribution in [0.4, 0.5) is 17.1 Å². The van der Waals surface area contributed by atoms with Crippen LogP contribution in [-0.4, -0.2) is 48.5 Å². The topological polar surface area (TPSA) is 155 Å². The summed E-state index contributed by atoms with van der Waals surface area (Å²) in [5.41, 5.74) is 3.71. The molecule has 0 aliphatic carbocycles. The predicted octanol–water partition coefficient (Wildman–Crippen LogP) is 5.17. The Kier molecular flexibility index (Phi) is 9.04. The molecule has 0 aliphatic heterocycles. The van der Waals surface area contributed by atoms with Gasteiger partial charge in [-0.3, -0.25) is 18.4 Å². The Morgan fingerprint density at radius 2 is 1.60 bits per heavy atom. The van der Waals surface area contributed by atoms with E-state index in [2.05, 4.69) is 10.0 Å². The average Bonchev–Trinajstić information content (AvgIpc) is 3.28. The molecule has 1 aromatic heterocycles. The number of methoxy groups -OCH3 is 1. The molecule has 11 nitrogen and oxygen atoms in total. The highest BCUT2D eigenvalue weighted by atomic mass is 32.2. The SMILES string of the molecule is COC(=O)C(C(C)C)N(c1ccc(-c2ccc(NC(=O)c3oc4cccc(NS(C)(=O)=O)c4c3C)cc2)cc1)S(=O)O. The second-order valence-electron chi connectivity index (χ2n) is 9.96. The number of rotatable bonds is 10. The number of sulfonamides is 1. The number of carbonyl (C=O) groups is 2. The number of carbonyl (C=O) groups excluding carboxylic acids is 2. The van der Waals surface area contributed by atoms with E-state index in [9.17, 15) is 26.8 Å². The third-order valence-corrected chi connectivity index (χ3v) is 7.91. The Balaban J connectivity index is 1.53. The lowest BCUT2D eigenvalue weighted by Crippen LogP contribution is -2.46. The second kappa shape index (κ2) is 12.3. The van der Waals surface area contributed by atoms with Gasteiger partial charge in [0.1, 0.15) is 11.6 Å². The van der Waals surface area contributed by atoms with Gasteiger partial charge in [-0.1, -0.05) is 44.2 Å². The normalized spacial score (nSPS) is 13.0. The standard InChI is InChI=1S/C29H31N3O8S2/c1-17(2)26(29(34)39-4)32(41(35)36)22-15-11-20(12-16-22)19-9-13-21(14-10-19)30-28(33)27-18(3)25-23(31-42(5,37)38)7-6-8-24(25)40-27/h6-17,26,31H,1-5H3,(H,30,33)(H,35,36).